The lowest BCUT2D eigenvalue weighted by atomic mass is 10.6. The number of ether oxygens (including phenoxy) is 3. The summed E-state index contributed by atoms with van der Waals surface area (Å²) in [5.41, 5.74) is 0. The van der Waals surface area contributed by atoms with Crippen LogP contribution in [0.3, 0.4) is 0 Å². The van der Waals surface area contributed by atoms with Crippen LogP contribution in [-0.2, 0) is 14.2 Å². The third-order valence-corrected chi connectivity index (χ3v) is 1.20. The predicted molar refractivity (Wildman–Crippen MR) is 42.3 cm³/mol. The fourth-order valence-electron chi connectivity index (χ4n) is 0.580. The van der Waals surface area contributed by atoms with E-state index in [1.165, 1.54) is 0 Å². The molecule has 0 aromatic heterocycles. The maximum atomic E-state index is 5.21. The number of methoxy groups -OCH3 is 1. The molecule has 0 aliphatic carbocycles. The maximum Gasteiger partial charge on any atom is 0.148 e. The van der Waals surface area contributed by atoms with E-state index in [0.717, 1.165) is 0 Å². The van der Waals surface area contributed by atoms with Crippen molar-refractivity contribution in [3.8, 4) is 0 Å². The molecule has 0 rings (SSSR count). The molecule has 1 atom stereocenters. The number of nitrogens with one attached hydrogen (secondary N) is 1. The van der Waals surface area contributed by atoms with Crippen molar-refractivity contribution in [3.63, 3.8) is 0 Å². The summed E-state index contributed by atoms with van der Waals surface area (Å²) in [6.07, 6.45) is -0.0773. The van der Waals surface area contributed by atoms with Crippen LogP contribution in [0.15, 0.2) is 0 Å². The van der Waals surface area contributed by atoms with E-state index in [1.807, 2.05) is 14.0 Å². The SMILES string of the molecule is CCOCOC(COC)NC. The molecule has 0 radical (unpaired) electrons. The van der Waals surface area contributed by atoms with E-state index in [1.54, 1.807) is 7.11 Å². The summed E-state index contributed by atoms with van der Waals surface area (Å²) < 4.78 is 15.1. The van der Waals surface area contributed by atoms with Crippen LogP contribution in [0.4, 0.5) is 0 Å². The fourth-order valence-corrected chi connectivity index (χ4v) is 0.580. The maximum absolute atomic E-state index is 5.21. The molecule has 1 N–H and O–H groups in total. The van der Waals surface area contributed by atoms with Crippen LogP contribution in [0.25, 0.3) is 0 Å². The van der Waals surface area contributed by atoms with Gasteiger partial charge in [0.15, 0.2) is 0 Å². The summed E-state index contributed by atoms with van der Waals surface area (Å²) in [5.74, 6) is 0. The summed E-state index contributed by atoms with van der Waals surface area (Å²) in [5, 5.41) is 2.93. The van der Waals surface area contributed by atoms with Crippen LogP contribution in [-0.4, -0.2) is 40.4 Å². The van der Waals surface area contributed by atoms with Gasteiger partial charge in [0, 0.05) is 13.7 Å². The molecule has 4 heteroatoms. The highest BCUT2D eigenvalue weighted by atomic mass is 16.7. The molecule has 0 saturated heterocycles. The van der Waals surface area contributed by atoms with E-state index in [9.17, 15) is 0 Å². The molecule has 0 aliphatic rings. The largest absolute Gasteiger partial charge is 0.381 e. The van der Waals surface area contributed by atoms with Crippen LogP contribution >= 0.6 is 0 Å². The molecule has 0 fully saturated rings. The quantitative estimate of drug-likeness (QED) is 0.429. The first-order valence-electron chi connectivity index (χ1n) is 3.70. The summed E-state index contributed by atoms with van der Waals surface area (Å²) >= 11 is 0. The Bertz CT molecular complexity index is 80.1. The van der Waals surface area contributed by atoms with E-state index in [2.05, 4.69) is 5.32 Å². The highest BCUT2D eigenvalue weighted by Crippen LogP contribution is 1.87. The van der Waals surface area contributed by atoms with Crippen molar-refractivity contribution < 1.29 is 14.2 Å². The Labute approximate surface area is 67.8 Å². The molecule has 4 nitrogen and oxygen atoms in total. The molecule has 0 amide bonds. The van der Waals surface area contributed by atoms with Gasteiger partial charge in [0.05, 0.1) is 6.61 Å². The second-order valence-electron chi connectivity index (χ2n) is 2.01. The third-order valence-electron chi connectivity index (χ3n) is 1.20. The molecule has 11 heavy (non-hydrogen) atoms. The minimum absolute atomic E-state index is 0.0773. The van der Waals surface area contributed by atoms with Gasteiger partial charge in [-0.25, -0.2) is 0 Å². The molecule has 0 bridgehead atoms. The zero-order chi connectivity index (χ0) is 8.53. The van der Waals surface area contributed by atoms with Gasteiger partial charge < -0.3 is 14.2 Å². The third kappa shape index (κ3) is 6.25. The standard InChI is InChI=1S/C7H17NO3/c1-4-10-6-11-7(8-2)5-9-3/h7-8H,4-6H2,1-3H3. The molecule has 0 aliphatic heterocycles. The number of hydrogen-bond acceptors (Lipinski definition) is 4. The molecule has 0 heterocycles. The summed E-state index contributed by atoms with van der Waals surface area (Å²) in [4.78, 5) is 0. The Morgan fingerprint density at radius 2 is 2.18 bits per heavy atom. The smallest absolute Gasteiger partial charge is 0.148 e. The fraction of sp³-hybridized carbons (Fsp3) is 1.00. The molecule has 0 saturated carbocycles. The van der Waals surface area contributed by atoms with Crippen molar-refractivity contribution >= 4 is 0 Å². The van der Waals surface area contributed by atoms with Crippen LogP contribution in [0.1, 0.15) is 6.92 Å². The van der Waals surface area contributed by atoms with Gasteiger partial charge in [0.1, 0.15) is 13.0 Å². The average Bonchev–Trinajstić information content (AvgIpc) is 2.03. The van der Waals surface area contributed by atoms with Gasteiger partial charge in [0.25, 0.3) is 0 Å². The topological polar surface area (TPSA) is 39.7 Å². The Balaban J connectivity index is 3.20. The van der Waals surface area contributed by atoms with Crippen molar-refractivity contribution in [1.82, 2.24) is 5.32 Å². The predicted octanol–water partition coefficient (Wildman–Crippen LogP) is 0.189. The molecule has 68 valence electrons. The highest BCUT2D eigenvalue weighted by Gasteiger charge is 2.03. The minimum Gasteiger partial charge on any atom is -0.381 e. The summed E-state index contributed by atoms with van der Waals surface area (Å²) in [6.45, 7) is 3.44. The molecular formula is C7H17NO3. The lowest BCUT2D eigenvalue weighted by molar-refractivity contribution is -0.112. The number of hydrogen-bond donors (Lipinski definition) is 1. The van der Waals surface area contributed by atoms with E-state index in [0.29, 0.717) is 20.0 Å². The van der Waals surface area contributed by atoms with Crippen LogP contribution in [0, 0.1) is 0 Å². The van der Waals surface area contributed by atoms with E-state index in [-0.39, 0.29) is 6.23 Å². The highest BCUT2D eigenvalue weighted by molar-refractivity contribution is 4.46. The molecule has 0 aromatic rings. The first-order valence-corrected chi connectivity index (χ1v) is 3.70. The minimum atomic E-state index is -0.0773. The van der Waals surface area contributed by atoms with Crippen LogP contribution in [0.5, 0.6) is 0 Å². The van der Waals surface area contributed by atoms with Gasteiger partial charge in [-0.3, -0.25) is 5.32 Å². The number of rotatable bonds is 7. The summed E-state index contributed by atoms with van der Waals surface area (Å²) in [6, 6.07) is 0. The lowest BCUT2D eigenvalue weighted by Gasteiger charge is -2.15. The number of likely N-dealkylation sites (N-methyl/N-ethyl adjacent to an activating group) is 1. The molecule has 1 unspecified atom stereocenters. The first kappa shape index (κ1) is 10.8. The Hall–Kier alpha value is -0.160. The average molecular weight is 163 g/mol. The molecule has 0 spiro atoms. The lowest BCUT2D eigenvalue weighted by Crippen LogP contribution is -2.33. The Kier molecular flexibility index (Phi) is 7.83. The Morgan fingerprint density at radius 3 is 2.64 bits per heavy atom. The second-order valence-corrected chi connectivity index (χ2v) is 2.01. The van der Waals surface area contributed by atoms with Gasteiger partial charge >= 0.3 is 0 Å². The van der Waals surface area contributed by atoms with Crippen molar-refractivity contribution in [3.05, 3.63) is 0 Å². The van der Waals surface area contributed by atoms with E-state index in [4.69, 9.17) is 14.2 Å². The van der Waals surface area contributed by atoms with E-state index < -0.39 is 0 Å². The van der Waals surface area contributed by atoms with Gasteiger partial charge in [0.2, 0.25) is 0 Å². The second kappa shape index (κ2) is 7.94. The normalized spacial score (nSPS) is 13.4. The zero-order valence-electron chi connectivity index (χ0n) is 7.42. The summed E-state index contributed by atoms with van der Waals surface area (Å²) in [7, 11) is 3.45. The van der Waals surface area contributed by atoms with E-state index >= 15 is 0 Å². The van der Waals surface area contributed by atoms with Gasteiger partial charge in [-0.1, -0.05) is 0 Å². The first-order chi connectivity index (χ1) is 5.35. The van der Waals surface area contributed by atoms with Crippen molar-refractivity contribution in [2.45, 2.75) is 13.2 Å². The van der Waals surface area contributed by atoms with Crippen molar-refractivity contribution in [2.24, 2.45) is 0 Å². The van der Waals surface area contributed by atoms with Crippen LogP contribution in [0.2, 0.25) is 0 Å². The van der Waals surface area contributed by atoms with Crippen molar-refractivity contribution in [1.29, 1.82) is 0 Å². The monoisotopic (exact) mass is 163 g/mol. The molecular weight excluding hydrogens is 146 g/mol. The van der Waals surface area contributed by atoms with Crippen LogP contribution < -0.4 is 5.32 Å². The zero-order valence-corrected chi connectivity index (χ0v) is 7.42. The van der Waals surface area contributed by atoms with Crippen molar-refractivity contribution in [2.75, 3.05) is 34.2 Å². The van der Waals surface area contributed by atoms with Gasteiger partial charge in [-0.15, -0.1) is 0 Å². The van der Waals surface area contributed by atoms with Gasteiger partial charge in [-0.05, 0) is 14.0 Å². The Morgan fingerprint density at radius 1 is 1.45 bits per heavy atom. The van der Waals surface area contributed by atoms with Gasteiger partial charge in [-0.2, -0.15) is 0 Å². The molecule has 0 aromatic carbocycles.